The molecule has 2 aromatic rings. The average Bonchev–Trinajstić information content (AvgIpc) is 2.34. The largest absolute Gasteiger partial charge is 0.251 e. The Balaban J connectivity index is 2.93. The van der Waals surface area contributed by atoms with Gasteiger partial charge in [-0.25, -0.2) is 4.98 Å². The second-order valence-electron chi connectivity index (χ2n) is 1.79. The Hall–Kier alpha value is -0.480. The molecule has 0 unspecified atom stereocenters. The lowest BCUT2D eigenvalue weighted by Crippen LogP contribution is -1.73. The molecule has 0 amide bonds. The molecule has 0 saturated carbocycles. The van der Waals surface area contributed by atoms with Gasteiger partial charge in [0.15, 0.2) is 0 Å². The minimum Gasteiger partial charge on any atom is -0.251 e. The minimum atomic E-state index is 0.951. The number of hydrogen-bond acceptors (Lipinski definition) is 3. The Bertz CT molecular complexity index is 357. The van der Waals surface area contributed by atoms with Crippen LogP contribution < -0.4 is 0 Å². The lowest BCUT2D eigenvalue weighted by molar-refractivity contribution is 1.31. The summed E-state index contributed by atoms with van der Waals surface area (Å²) < 4.78 is 1.03. The quantitative estimate of drug-likeness (QED) is 0.674. The Morgan fingerprint density at radius 2 is 2.10 bits per heavy atom. The number of halogens is 1. The van der Waals surface area contributed by atoms with E-state index in [-0.39, 0.29) is 0 Å². The Labute approximate surface area is 70.1 Å². The zero-order valence-corrected chi connectivity index (χ0v) is 7.32. The van der Waals surface area contributed by atoms with Crippen LogP contribution >= 0.6 is 27.3 Å². The maximum atomic E-state index is 4.14. The normalized spacial score (nSPS) is 10.5. The van der Waals surface area contributed by atoms with Gasteiger partial charge >= 0.3 is 0 Å². The van der Waals surface area contributed by atoms with Crippen LogP contribution in [0, 0.1) is 0 Å². The summed E-state index contributed by atoms with van der Waals surface area (Å²) in [6.07, 6.45) is 3.39. The summed E-state index contributed by atoms with van der Waals surface area (Å²) in [6, 6.07) is 0. The van der Waals surface area contributed by atoms with Gasteiger partial charge in [-0.1, -0.05) is 0 Å². The van der Waals surface area contributed by atoms with E-state index in [9.17, 15) is 0 Å². The molecule has 2 rings (SSSR count). The van der Waals surface area contributed by atoms with E-state index in [1.54, 1.807) is 23.7 Å². The Morgan fingerprint density at radius 1 is 1.30 bits per heavy atom. The first-order chi connectivity index (χ1) is 4.88. The zero-order chi connectivity index (χ0) is 6.97. The van der Waals surface area contributed by atoms with E-state index >= 15 is 0 Å². The molecule has 0 bridgehead atoms. The van der Waals surface area contributed by atoms with E-state index in [0.29, 0.717) is 0 Å². The predicted molar refractivity (Wildman–Crippen MR) is 45.1 cm³/mol. The van der Waals surface area contributed by atoms with Gasteiger partial charge < -0.3 is 0 Å². The van der Waals surface area contributed by atoms with Crippen molar-refractivity contribution in [3.63, 3.8) is 0 Å². The second kappa shape index (κ2) is 2.29. The van der Waals surface area contributed by atoms with Gasteiger partial charge in [0.05, 0.1) is 4.47 Å². The molecule has 0 radical (unpaired) electrons. The second-order valence-corrected chi connectivity index (χ2v) is 3.51. The molecule has 10 heavy (non-hydrogen) atoms. The highest BCUT2D eigenvalue weighted by Crippen LogP contribution is 2.25. The lowest BCUT2D eigenvalue weighted by atomic mass is 10.5. The number of rotatable bonds is 0. The van der Waals surface area contributed by atoms with Crippen LogP contribution in [0.15, 0.2) is 22.2 Å². The Kier molecular flexibility index (Phi) is 1.43. The maximum absolute atomic E-state index is 4.14. The van der Waals surface area contributed by atoms with Crippen molar-refractivity contribution in [1.82, 2.24) is 9.97 Å². The monoisotopic (exact) mass is 214 g/mol. The van der Waals surface area contributed by atoms with Crippen LogP contribution in [0.2, 0.25) is 0 Å². The molecule has 0 fully saturated rings. The molecular weight excluding hydrogens is 212 g/mol. The summed E-state index contributed by atoms with van der Waals surface area (Å²) in [6.45, 7) is 0. The van der Waals surface area contributed by atoms with Gasteiger partial charge in [0.2, 0.25) is 0 Å². The highest BCUT2D eigenvalue weighted by atomic mass is 79.9. The SMILES string of the molecule is Brc1csc2nccnc12. The number of nitrogens with zero attached hydrogens (tertiary/aromatic N) is 2. The minimum absolute atomic E-state index is 0.951. The molecule has 0 aliphatic heterocycles. The number of hydrogen-bond donors (Lipinski definition) is 0. The van der Waals surface area contributed by atoms with Crippen molar-refractivity contribution in [2.24, 2.45) is 0 Å². The van der Waals surface area contributed by atoms with Gasteiger partial charge in [0.1, 0.15) is 10.3 Å². The van der Waals surface area contributed by atoms with Crippen LogP contribution in [-0.2, 0) is 0 Å². The fourth-order valence-electron chi connectivity index (χ4n) is 0.739. The van der Waals surface area contributed by atoms with Gasteiger partial charge in [-0.3, -0.25) is 4.98 Å². The van der Waals surface area contributed by atoms with E-state index in [2.05, 4.69) is 25.9 Å². The predicted octanol–water partition coefficient (Wildman–Crippen LogP) is 2.45. The van der Waals surface area contributed by atoms with Crippen molar-refractivity contribution >= 4 is 37.6 Å². The fourth-order valence-corrected chi connectivity index (χ4v) is 2.16. The third kappa shape index (κ3) is 0.839. The summed E-state index contributed by atoms with van der Waals surface area (Å²) in [5.74, 6) is 0. The van der Waals surface area contributed by atoms with Crippen LogP contribution in [0.4, 0.5) is 0 Å². The first-order valence-corrected chi connectivity index (χ1v) is 4.39. The molecule has 4 heteroatoms. The topological polar surface area (TPSA) is 25.8 Å². The number of fused-ring (bicyclic) bond motifs is 1. The molecule has 0 spiro atoms. The van der Waals surface area contributed by atoms with Crippen LogP contribution in [-0.4, -0.2) is 9.97 Å². The van der Waals surface area contributed by atoms with E-state index in [4.69, 9.17) is 0 Å². The van der Waals surface area contributed by atoms with Crippen molar-refractivity contribution in [2.45, 2.75) is 0 Å². The van der Waals surface area contributed by atoms with Crippen molar-refractivity contribution in [3.8, 4) is 0 Å². The molecule has 0 N–H and O–H groups in total. The molecule has 0 aromatic carbocycles. The maximum Gasteiger partial charge on any atom is 0.142 e. The Morgan fingerprint density at radius 3 is 2.90 bits per heavy atom. The first-order valence-electron chi connectivity index (χ1n) is 2.71. The van der Waals surface area contributed by atoms with Crippen LogP contribution in [0.1, 0.15) is 0 Å². The molecule has 50 valence electrons. The summed E-state index contributed by atoms with van der Waals surface area (Å²) >= 11 is 4.97. The van der Waals surface area contributed by atoms with Gasteiger partial charge in [-0.15, -0.1) is 11.3 Å². The average molecular weight is 215 g/mol. The highest BCUT2D eigenvalue weighted by molar-refractivity contribution is 9.10. The van der Waals surface area contributed by atoms with E-state index < -0.39 is 0 Å². The zero-order valence-electron chi connectivity index (χ0n) is 4.91. The summed E-state index contributed by atoms with van der Waals surface area (Å²) in [5, 5.41) is 1.99. The highest BCUT2D eigenvalue weighted by Gasteiger charge is 2.00. The van der Waals surface area contributed by atoms with Crippen molar-refractivity contribution in [2.75, 3.05) is 0 Å². The molecular formula is C6H3BrN2S. The molecule has 0 saturated heterocycles. The lowest BCUT2D eigenvalue weighted by Gasteiger charge is -1.84. The summed E-state index contributed by atoms with van der Waals surface area (Å²) in [5.41, 5.74) is 0.951. The van der Waals surface area contributed by atoms with Crippen LogP contribution in [0.25, 0.3) is 10.3 Å². The van der Waals surface area contributed by atoms with Crippen LogP contribution in [0.3, 0.4) is 0 Å². The standard InChI is InChI=1S/C6H3BrN2S/c7-4-3-10-6-5(4)8-1-2-9-6/h1-3H. The first kappa shape index (κ1) is 6.24. The van der Waals surface area contributed by atoms with Gasteiger partial charge in [0, 0.05) is 17.8 Å². The van der Waals surface area contributed by atoms with Crippen molar-refractivity contribution < 1.29 is 0 Å². The van der Waals surface area contributed by atoms with E-state index in [1.165, 1.54) is 0 Å². The molecule has 2 aromatic heterocycles. The van der Waals surface area contributed by atoms with Gasteiger partial charge in [0.25, 0.3) is 0 Å². The molecule has 0 aliphatic rings. The van der Waals surface area contributed by atoms with E-state index in [1.807, 2.05) is 5.38 Å². The third-order valence-corrected chi connectivity index (χ3v) is 2.95. The summed E-state index contributed by atoms with van der Waals surface area (Å²) in [4.78, 5) is 9.25. The molecule has 0 aliphatic carbocycles. The third-order valence-electron chi connectivity index (χ3n) is 1.16. The number of thiophene rings is 1. The summed E-state index contributed by atoms with van der Waals surface area (Å²) in [7, 11) is 0. The van der Waals surface area contributed by atoms with Crippen molar-refractivity contribution in [3.05, 3.63) is 22.2 Å². The molecule has 2 nitrogen and oxygen atoms in total. The van der Waals surface area contributed by atoms with Gasteiger partial charge in [-0.05, 0) is 15.9 Å². The molecule has 2 heterocycles. The van der Waals surface area contributed by atoms with Gasteiger partial charge in [-0.2, -0.15) is 0 Å². The van der Waals surface area contributed by atoms with Crippen LogP contribution in [0.5, 0.6) is 0 Å². The smallest absolute Gasteiger partial charge is 0.142 e. The number of aromatic nitrogens is 2. The molecule has 0 atom stereocenters. The fraction of sp³-hybridized carbons (Fsp3) is 0. The van der Waals surface area contributed by atoms with Crippen molar-refractivity contribution in [1.29, 1.82) is 0 Å². The van der Waals surface area contributed by atoms with E-state index in [0.717, 1.165) is 14.8 Å².